The lowest BCUT2D eigenvalue weighted by Crippen LogP contribution is -1.94. The van der Waals surface area contributed by atoms with Crippen molar-refractivity contribution in [3.8, 4) is 0 Å². The maximum Gasteiger partial charge on any atom is 0.127 e. The average molecular weight is 180 g/mol. The highest BCUT2D eigenvalue weighted by Gasteiger charge is 2.03. The molecular formula is C10H12OS. The Hall–Kier alpha value is -0.760. The van der Waals surface area contributed by atoms with E-state index in [4.69, 9.17) is 0 Å². The lowest BCUT2D eigenvalue weighted by Gasteiger charge is -2.05. The minimum absolute atomic E-state index is 0.0317. The van der Waals surface area contributed by atoms with Gasteiger partial charge in [0, 0.05) is 10.8 Å². The summed E-state index contributed by atoms with van der Waals surface area (Å²) in [5.74, 6) is -0.0317. The molecule has 1 atom stereocenters. The van der Waals surface area contributed by atoms with Crippen LogP contribution in [0.15, 0.2) is 23.1 Å². The van der Waals surface area contributed by atoms with Crippen LogP contribution in [0.3, 0.4) is 0 Å². The summed E-state index contributed by atoms with van der Waals surface area (Å²) in [6, 6.07) is 5.91. The van der Waals surface area contributed by atoms with Crippen molar-refractivity contribution < 1.29 is 4.79 Å². The lowest BCUT2D eigenvalue weighted by atomic mass is 10.0. The van der Waals surface area contributed by atoms with Gasteiger partial charge in [-0.05, 0) is 30.2 Å². The van der Waals surface area contributed by atoms with Crippen LogP contribution in [0.4, 0.5) is 0 Å². The van der Waals surface area contributed by atoms with Gasteiger partial charge in [0.1, 0.15) is 6.29 Å². The number of carbonyl (C=O) groups is 1. The van der Waals surface area contributed by atoms with Crippen molar-refractivity contribution in [1.29, 1.82) is 0 Å². The number of benzene rings is 1. The van der Waals surface area contributed by atoms with E-state index in [0.717, 1.165) is 22.3 Å². The van der Waals surface area contributed by atoms with Gasteiger partial charge in [0.25, 0.3) is 0 Å². The Bertz CT molecular complexity index is 274. The predicted octanol–water partition coefficient (Wildman–Crippen LogP) is 2.59. The molecule has 0 saturated heterocycles. The van der Waals surface area contributed by atoms with E-state index in [0.29, 0.717) is 0 Å². The third-order valence-electron chi connectivity index (χ3n) is 1.81. The molecule has 0 amide bonds. The van der Waals surface area contributed by atoms with Gasteiger partial charge in [0.15, 0.2) is 0 Å². The third kappa shape index (κ3) is 2.11. The van der Waals surface area contributed by atoms with Gasteiger partial charge in [-0.1, -0.05) is 13.0 Å². The van der Waals surface area contributed by atoms with Crippen molar-refractivity contribution in [2.45, 2.75) is 24.7 Å². The molecule has 0 radical (unpaired) electrons. The zero-order valence-corrected chi connectivity index (χ0v) is 8.14. The summed E-state index contributed by atoms with van der Waals surface area (Å²) in [4.78, 5) is 11.4. The van der Waals surface area contributed by atoms with Crippen LogP contribution in [-0.2, 0) is 4.79 Å². The molecule has 1 rings (SSSR count). The SMILES string of the molecule is Cc1cc(S)cc(C(C)C=O)c1. The van der Waals surface area contributed by atoms with Gasteiger partial charge in [-0.25, -0.2) is 0 Å². The minimum atomic E-state index is -0.0317. The summed E-state index contributed by atoms with van der Waals surface area (Å²) in [5.41, 5.74) is 2.18. The van der Waals surface area contributed by atoms with E-state index in [9.17, 15) is 4.79 Å². The van der Waals surface area contributed by atoms with Crippen LogP contribution >= 0.6 is 12.6 Å². The van der Waals surface area contributed by atoms with Gasteiger partial charge in [0.2, 0.25) is 0 Å². The van der Waals surface area contributed by atoms with E-state index in [2.05, 4.69) is 12.6 Å². The van der Waals surface area contributed by atoms with Crippen molar-refractivity contribution in [3.63, 3.8) is 0 Å². The fourth-order valence-corrected chi connectivity index (χ4v) is 1.49. The molecule has 0 heterocycles. The van der Waals surface area contributed by atoms with E-state index in [1.807, 2.05) is 32.0 Å². The molecule has 1 aromatic rings. The summed E-state index contributed by atoms with van der Waals surface area (Å²) in [6.45, 7) is 3.88. The number of rotatable bonds is 2. The summed E-state index contributed by atoms with van der Waals surface area (Å²) >= 11 is 4.24. The highest BCUT2D eigenvalue weighted by molar-refractivity contribution is 7.80. The maximum absolute atomic E-state index is 10.5. The lowest BCUT2D eigenvalue weighted by molar-refractivity contribution is -0.108. The summed E-state index contributed by atoms with van der Waals surface area (Å²) in [6.07, 6.45) is 0.946. The second-order valence-corrected chi connectivity index (χ2v) is 3.54. The van der Waals surface area contributed by atoms with Crippen molar-refractivity contribution >= 4 is 18.9 Å². The zero-order chi connectivity index (χ0) is 9.14. The topological polar surface area (TPSA) is 17.1 Å². The number of carbonyl (C=O) groups excluding carboxylic acids is 1. The molecule has 1 unspecified atom stereocenters. The van der Waals surface area contributed by atoms with Crippen LogP contribution in [-0.4, -0.2) is 6.29 Å². The smallest absolute Gasteiger partial charge is 0.127 e. The summed E-state index contributed by atoms with van der Waals surface area (Å²) in [7, 11) is 0. The number of hydrogen-bond acceptors (Lipinski definition) is 2. The molecule has 0 N–H and O–H groups in total. The van der Waals surface area contributed by atoms with Gasteiger partial charge < -0.3 is 4.79 Å². The molecule has 1 nitrogen and oxygen atoms in total. The van der Waals surface area contributed by atoms with E-state index in [-0.39, 0.29) is 5.92 Å². The second-order valence-electron chi connectivity index (χ2n) is 3.03. The molecule has 12 heavy (non-hydrogen) atoms. The van der Waals surface area contributed by atoms with E-state index < -0.39 is 0 Å². The molecule has 0 saturated carbocycles. The molecule has 0 aliphatic rings. The van der Waals surface area contributed by atoms with Gasteiger partial charge >= 0.3 is 0 Å². The van der Waals surface area contributed by atoms with Gasteiger partial charge in [-0.2, -0.15) is 0 Å². The predicted molar refractivity (Wildman–Crippen MR) is 52.9 cm³/mol. The Morgan fingerprint density at radius 2 is 2.08 bits per heavy atom. The molecule has 64 valence electrons. The molecule has 0 bridgehead atoms. The van der Waals surface area contributed by atoms with Crippen LogP contribution < -0.4 is 0 Å². The van der Waals surface area contributed by atoms with E-state index >= 15 is 0 Å². The van der Waals surface area contributed by atoms with Crippen molar-refractivity contribution in [3.05, 3.63) is 29.3 Å². The second kappa shape index (κ2) is 3.76. The van der Waals surface area contributed by atoms with Gasteiger partial charge in [0.05, 0.1) is 0 Å². The third-order valence-corrected chi connectivity index (χ3v) is 2.07. The number of thiol groups is 1. The molecule has 1 aromatic carbocycles. The number of aldehydes is 1. The Morgan fingerprint density at radius 3 is 2.58 bits per heavy atom. The highest BCUT2D eigenvalue weighted by Crippen LogP contribution is 2.18. The molecule has 0 fully saturated rings. The molecule has 2 heteroatoms. The Balaban J connectivity index is 3.08. The standard InChI is InChI=1S/C10H12OS/c1-7-3-9(8(2)6-11)5-10(12)4-7/h3-6,8,12H,1-2H3. The first-order valence-electron chi connectivity index (χ1n) is 3.89. The van der Waals surface area contributed by atoms with Crippen LogP contribution in [0.5, 0.6) is 0 Å². The Labute approximate surface area is 78.2 Å². The van der Waals surface area contributed by atoms with Crippen LogP contribution in [0, 0.1) is 6.92 Å². The van der Waals surface area contributed by atoms with E-state index in [1.165, 1.54) is 0 Å². The monoisotopic (exact) mass is 180 g/mol. The van der Waals surface area contributed by atoms with Crippen molar-refractivity contribution in [2.24, 2.45) is 0 Å². The zero-order valence-electron chi connectivity index (χ0n) is 7.24. The first-order chi connectivity index (χ1) is 5.63. The summed E-state index contributed by atoms with van der Waals surface area (Å²) < 4.78 is 0. The molecule has 0 aromatic heterocycles. The normalized spacial score (nSPS) is 12.6. The van der Waals surface area contributed by atoms with Gasteiger partial charge in [-0.3, -0.25) is 0 Å². The van der Waals surface area contributed by atoms with Crippen molar-refractivity contribution in [2.75, 3.05) is 0 Å². The Kier molecular flexibility index (Phi) is 2.93. The first-order valence-corrected chi connectivity index (χ1v) is 4.34. The molecule has 0 aliphatic carbocycles. The summed E-state index contributed by atoms with van der Waals surface area (Å²) in [5, 5.41) is 0. The molecular weight excluding hydrogens is 168 g/mol. The Morgan fingerprint density at radius 1 is 1.42 bits per heavy atom. The quantitative estimate of drug-likeness (QED) is 0.547. The highest BCUT2D eigenvalue weighted by atomic mass is 32.1. The minimum Gasteiger partial charge on any atom is -0.303 e. The van der Waals surface area contributed by atoms with Crippen LogP contribution in [0.25, 0.3) is 0 Å². The molecule has 0 spiro atoms. The number of aryl methyl sites for hydroxylation is 1. The van der Waals surface area contributed by atoms with Gasteiger partial charge in [-0.15, -0.1) is 12.6 Å². The fraction of sp³-hybridized carbons (Fsp3) is 0.300. The fourth-order valence-electron chi connectivity index (χ4n) is 1.13. The van der Waals surface area contributed by atoms with Crippen molar-refractivity contribution in [1.82, 2.24) is 0 Å². The average Bonchev–Trinajstić information content (AvgIpc) is 2.01. The first kappa shape index (κ1) is 9.33. The van der Waals surface area contributed by atoms with Crippen LogP contribution in [0.1, 0.15) is 24.0 Å². The maximum atomic E-state index is 10.5. The molecule has 0 aliphatic heterocycles. The largest absolute Gasteiger partial charge is 0.303 e. The van der Waals surface area contributed by atoms with E-state index in [1.54, 1.807) is 0 Å². The number of hydrogen-bond donors (Lipinski definition) is 1. The van der Waals surface area contributed by atoms with Crippen LogP contribution in [0.2, 0.25) is 0 Å².